The van der Waals surface area contributed by atoms with Crippen LogP contribution < -0.4 is 10.6 Å². The van der Waals surface area contributed by atoms with Gasteiger partial charge in [0.05, 0.1) is 6.04 Å². The Hall–Kier alpha value is -3.42. The molecular formula is C26H31FN4O3. The monoisotopic (exact) mass is 466 g/mol. The third kappa shape index (κ3) is 5.73. The third-order valence-corrected chi connectivity index (χ3v) is 6.65. The molecule has 0 saturated carbocycles. The van der Waals surface area contributed by atoms with Gasteiger partial charge in [0, 0.05) is 43.3 Å². The van der Waals surface area contributed by atoms with E-state index in [0.717, 1.165) is 31.5 Å². The summed E-state index contributed by atoms with van der Waals surface area (Å²) in [6.07, 6.45) is 3.49. The second-order valence-corrected chi connectivity index (χ2v) is 9.05. The number of halogens is 1. The molecule has 0 bridgehead atoms. The van der Waals surface area contributed by atoms with Crippen molar-refractivity contribution in [1.82, 2.24) is 15.1 Å². The first-order valence-electron chi connectivity index (χ1n) is 11.9. The van der Waals surface area contributed by atoms with E-state index in [4.69, 9.17) is 0 Å². The lowest BCUT2D eigenvalue weighted by Gasteiger charge is -2.34. The van der Waals surface area contributed by atoms with Crippen LogP contribution in [0.3, 0.4) is 0 Å². The topological polar surface area (TPSA) is 81.8 Å². The Bertz CT molecular complexity index is 1010. The van der Waals surface area contributed by atoms with Crippen molar-refractivity contribution in [2.75, 3.05) is 31.5 Å². The zero-order valence-electron chi connectivity index (χ0n) is 19.4. The Kier molecular flexibility index (Phi) is 7.45. The first kappa shape index (κ1) is 23.7. The Morgan fingerprint density at radius 1 is 0.882 bits per heavy atom. The van der Waals surface area contributed by atoms with Gasteiger partial charge in [0.15, 0.2) is 0 Å². The van der Waals surface area contributed by atoms with Gasteiger partial charge in [0.1, 0.15) is 5.82 Å². The molecule has 180 valence electrons. The number of anilines is 1. The van der Waals surface area contributed by atoms with E-state index in [2.05, 4.69) is 10.6 Å². The number of piperidine rings is 1. The zero-order valence-corrected chi connectivity index (χ0v) is 19.4. The number of rotatable bonds is 5. The molecule has 0 radical (unpaired) electrons. The Balaban J connectivity index is 1.25. The molecule has 4 amide bonds. The Morgan fingerprint density at radius 3 is 2.09 bits per heavy atom. The average molecular weight is 467 g/mol. The molecule has 1 atom stereocenters. The minimum atomic E-state index is -0.391. The predicted molar refractivity (Wildman–Crippen MR) is 128 cm³/mol. The highest BCUT2D eigenvalue weighted by Crippen LogP contribution is 2.22. The minimum Gasteiger partial charge on any atom is -0.349 e. The molecule has 2 aliphatic rings. The second-order valence-electron chi connectivity index (χ2n) is 9.05. The van der Waals surface area contributed by atoms with Crippen molar-refractivity contribution in [3.05, 3.63) is 65.5 Å². The van der Waals surface area contributed by atoms with Crippen LogP contribution in [0, 0.1) is 11.7 Å². The number of carbonyl (C=O) groups excluding carboxylic acids is 3. The van der Waals surface area contributed by atoms with Gasteiger partial charge in [-0.1, -0.05) is 12.1 Å². The molecule has 1 unspecified atom stereocenters. The van der Waals surface area contributed by atoms with Crippen molar-refractivity contribution in [2.45, 2.75) is 38.6 Å². The van der Waals surface area contributed by atoms with Crippen LogP contribution in [-0.4, -0.2) is 53.8 Å². The van der Waals surface area contributed by atoms with Crippen LogP contribution in [-0.2, 0) is 4.79 Å². The maximum absolute atomic E-state index is 13.0. The minimum absolute atomic E-state index is 0.00876. The summed E-state index contributed by atoms with van der Waals surface area (Å²) < 4.78 is 13.0. The number of likely N-dealkylation sites (tertiary alicyclic amines) is 2. The Morgan fingerprint density at radius 2 is 1.47 bits per heavy atom. The van der Waals surface area contributed by atoms with E-state index < -0.39 is 5.82 Å². The van der Waals surface area contributed by atoms with Crippen molar-refractivity contribution in [3.63, 3.8) is 0 Å². The highest BCUT2D eigenvalue weighted by atomic mass is 19.1. The standard InChI is InChI=1S/C26H31FN4O3/c1-18(19-6-10-23(11-7-19)29-25(33)20-4-8-22(27)9-5-20)28-24(32)21-12-16-31(17-13-21)26(34)30-14-2-3-15-30/h4-11,18,21H,2-3,12-17H2,1H3,(H,28,32)(H,29,33). The van der Waals surface area contributed by atoms with Gasteiger partial charge in [-0.15, -0.1) is 0 Å². The van der Waals surface area contributed by atoms with E-state index in [1.54, 1.807) is 12.1 Å². The van der Waals surface area contributed by atoms with Gasteiger partial charge in [-0.2, -0.15) is 0 Å². The van der Waals surface area contributed by atoms with Crippen molar-refractivity contribution in [1.29, 1.82) is 0 Å². The van der Waals surface area contributed by atoms with Crippen LogP contribution in [0.4, 0.5) is 14.9 Å². The maximum atomic E-state index is 13.0. The summed E-state index contributed by atoms with van der Waals surface area (Å²) in [5, 5.41) is 5.87. The lowest BCUT2D eigenvalue weighted by molar-refractivity contribution is -0.126. The third-order valence-electron chi connectivity index (χ3n) is 6.65. The molecule has 2 fully saturated rings. The average Bonchev–Trinajstić information content (AvgIpc) is 3.39. The molecule has 0 aliphatic carbocycles. The summed E-state index contributed by atoms with van der Waals surface area (Å²) in [7, 11) is 0. The molecular weight excluding hydrogens is 435 g/mol. The molecule has 2 N–H and O–H groups in total. The van der Waals surface area contributed by atoms with Gasteiger partial charge < -0.3 is 20.4 Å². The summed E-state index contributed by atoms with van der Waals surface area (Å²) in [5.41, 5.74) is 1.92. The second kappa shape index (κ2) is 10.7. The predicted octanol–water partition coefficient (Wildman–Crippen LogP) is 4.18. The smallest absolute Gasteiger partial charge is 0.319 e. The van der Waals surface area contributed by atoms with Gasteiger partial charge in [0.25, 0.3) is 5.91 Å². The van der Waals surface area contributed by atoms with E-state index >= 15 is 0 Å². The van der Waals surface area contributed by atoms with Gasteiger partial charge in [-0.3, -0.25) is 9.59 Å². The Labute approximate surface area is 199 Å². The largest absolute Gasteiger partial charge is 0.349 e. The van der Waals surface area contributed by atoms with Crippen LogP contribution in [0.1, 0.15) is 54.6 Å². The lowest BCUT2D eigenvalue weighted by Crippen LogP contribution is -2.47. The van der Waals surface area contributed by atoms with Crippen LogP contribution in [0.2, 0.25) is 0 Å². The molecule has 2 aliphatic heterocycles. The number of urea groups is 1. The molecule has 2 heterocycles. The first-order valence-corrected chi connectivity index (χ1v) is 11.9. The van der Waals surface area contributed by atoms with Crippen molar-refractivity contribution in [2.24, 2.45) is 5.92 Å². The molecule has 4 rings (SSSR count). The van der Waals surface area contributed by atoms with Gasteiger partial charge in [-0.05, 0) is 74.6 Å². The molecule has 7 nitrogen and oxygen atoms in total. The summed E-state index contributed by atoms with van der Waals surface area (Å²) in [6.45, 7) is 4.83. The molecule has 2 aromatic carbocycles. The summed E-state index contributed by atoms with van der Waals surface area (Å²) >= 11 is 0. The van der Waals surface area contributed by atoms with E-state index in [9.17, 15) is 18.8 Å². The highest BCUT2D eigenvalue weighted by molar-refractivity contribution is 6.04. The van der Waals surface area contributed by atoms with Crippen LogP contribution >= 0.6 is 0 Å². The highest BCUT2D eigenvalue weighted by Gasteiger charge is 2.30. The van der Waals surface area contributed by atoms with Crippen LogP contribution in [0.15, 0.2) is 48.5 Å². The number of hydrogen-bond donors (Lipinski definition) is 2. The molecule has 34 heavy (non-hydrogen) atoms. The fourth-order valence-corrected chi connectivity index (χ4v) is 4.52. The summed E-state index contributed by atoms with van der Waals surface area (Å²) in [5.74, 6) is -0.796. The van der Waals surface area contributed by atoms with Gasteiger partial charge >= 0.3 is 6.03 Å². The zero-order chi connectivity index (χ0) is 24.1. The number of hydrogen-bond acceptors (Lipinski definition) is 3. The fraction of sp³-hybridized carbons (Fsp3) is 0.423. The van der Waals surface area contributed by atoms with Gasteiger partial charge in [0.2, 0.25) is 5.91 Å². The van der Waals surface area contributed by atoms with E-state index in [-0.39, 0.29) is 29.8 Å². The van der Waals surface area contributed by atoms with Crippen molar-refractivity contribution >= 4 is 23.5 Å². The van der Waals surface area contributed by atoms with Crippen molar-refractivity contribution in [3.8, 4) is 0 Å². The number of nitrogens with zero attached hydrogens (tertiary/aromatic N) is 2. The fourth-order valence-electron chi connectivity index (χ4n) is 4.52. The normalized spacial score (nSPS) is 17.4. The maximum Gasteiger partial charge on any atom is 0.319 e. The number of amides is 4. The van der Waals surface area contributed by atoms with Crippen molar-refractivity contribution < 1.29 is 18.8 Å². The molecule has 0 aromatic heterocycles. The SMILES string of the molecule is CC(NC(=O)C1CCN(C(=O)N2CCCC2)CC1)c1ccc(NC(=O)c2ccc(F)cc2)cc1. The molecule has 8 heteroatoms. The van der Waals surface area contributed by atoms with Crippen LogP contribution in [0.25, 0.3) is 0 Å². The summed E-state index contributed by atoms with van der Waals surface area (Å²) in [6, 6.07) is 12.6. The van der Waals surface area contributed by atoms with Crippen LogP contribution in [0.5, 0.6) is 0 Å². The van der Waals surface area contributed by atoms with E-state index in [1.807, 2.05) is 28.9 Å². The molecule has 0 spiro atoms. The van der Waals surface area contributed by atoms with E-state index in [1.165, 1.54) is 24.3 Å². The number of nitrogens with one attached hydrogen (secondary N) is 2. The number of carbonyl (C=O) groups is 3. The lowest BCUT2D eigenvalue weighted by atomic mass is 9.95. The number of benzene rings is 2. The van der Waals surface area contributed by atoms with Gasteiger partial charge in [-0.25, -0.2) is 9.18 Å². The molecule has 2 aromatic rings. The quantitative estimate of drug-likeness (QED) is 0.694. The summed E-state index contributed by atoms with van der Waals surface area (Å²) in [4.78, 5) is 41.4. The van der Waals surface area contributed by atoms with E-state index in [0.29, 0.717) is 37.2 Å². The first-order chi connectivity index (χ1) is 16.4. The molecule has 2 saturated heterocycles.